The van der Waals surface area contributed by atoms with Crippen LogP contribution in [-0.2, 0) is 18.2 Å². The van der Waals surface area contributed by atoms with Crippen LogP contribution < -0.4 is 10.1 Å². The number of carbonyl (C=O) groups is 1. The summed E-state index contributed by atoms with van der Waals surface area (Å²) in [5.74, 6) is 1.06. The summed E-state index contributed by atoms with van der Waals surface area (Å²) < 4.78 is 14.8. The Morgan fingerprint density at radius 2 is 2.16 bits per heavy atom. The van der Waals surface area contributed by atoms with Crippen LogP contribution in [-0.4, -0.2) is 57.1 Å². The van der Waals surface area contributed by atoms with Crippen molar-refractivity contribution in [1.29, 1.82) is 0 Å². The number of nitrogens with one attached hydrogen (secondary N) is 1. The van der Waals surface area contributed by atoms with E-state index in [1.807, 2.05) is 48.4 Å². The summed E-state index contributed by atoms with van der Waals surface area (Å²) in [6.45, 7) is 3.33. The van der Waals surface area contributed by atoms with Crippen molar-refractivity contribution in [2.75, 3.05) is 26.9 Å². The van der Waals surface area contributed by atoms with E-state index < -0.39 is 0 Å². The Morgan fingerprint density at radius 1 is 1.29 bits per heavy atom. The van der Waals surface area contributed by atoms with Gasteiger partial charge in [0.05, 0.1) is 28.9 Å². The second kappa shape index (κ2) is 9.27. The zero-order chi connectivity index (χ0) is 21.8. The SMILES string of the molecule is CCNC(=O)c1cc(Cc2nc(OCCOC)c3c(ccn3-c3cnn(C)c3)n2)cs1. The first kappa shape index (κ1) is 21.0. The van der Waals surface area contributed by atoms with Crippen LogP contribution in [0, 0.1) is 0 Å². The number of methoxy groups -OCH3 is 1. The molecule has 0 fully saturated rings. The van der Waals surface area contributed by atoms with Gasteiger partial charge in [0.25, 0.3) is 5.91 Å². The van der Waals surface area contributed by atoms with Crippen LogP contribution in [0.3, 0.4) is 0 Å². The predicted molar refractivity (Wildman–Crippen MR) is 118 cm³/mol. The number of nitrogens with zero attached hydrogens (tertiary/aromatic N) is 5. The Kier molecular flexibility index (Phi) is 6.28. The van der Waals surface area contributed by atoms with Crippen molar-refractivity contribution in [3.05, 3.63) is 52.4 Å². The minimum atomic E-state index is -0.0627. The van der Waals surface area contributed by atoms with Gasteiger partial charge in [0, 0.05) is 39.5 Å². The van der Waals surface area contributed by atoms with Crippen molar-refractivity contribution in [3.63, 3.8) is 0 Å². The standard InChI is InChI=1S/C21H24N6O3S/c1-4-22-20(28)17-9-14(13-31-17)10-18-24-16-5-6-27(15-11-23-26(2)12-15)19(16)21(25-18)30-8-7-29-3/h5-6,9,11-13H,4,7-8,10H2,1-3H3,(H,22,28). The normalized spacial score (nSPS) is 11.2. The van der Waals surface area contributed by atoms with E-state index in [-0.39, 0.29) is 5.91 Å². The fourth-order valence-corrected chi connectivity index (χ4v) is 4.05. The van der Waals surface area contributed by atoms with Gasteiger partial charge in [0.1, 0.15) is 17.9 Å². The smallest absolute Gasteiger partial charge is 0.261 e. The largest absolute Gasteiger partial charge is 0.474 e. The van der Waals surface area contributed by atoms with E-state index in [1.54, 1.807) is 18.0 Å². The Hall–Kier alpha value is -3.24. The number of fused-ring (bicyclic) bond motifs is 1. The third kappa shape index (κ3) is 4.59. The van der Waals surface area contributed by atoms with Crippen molar-refractivity contribution >= 4 is 28.3 Å². The van der Waals surface area contributed by atoms with Crippen molar-refractivity contribution in [3.8, 4) is 11.6 Å². The third-order valence-electron chi connectivity index (χ3n) is 4.62. The summed E-state index contributed by atoms with van der Waals surface area (Å²) in [5.41, 5.74) is 3.44. The quantitative estimate of drug-likeness (QED) is 0.402. The Labute approximate surface area is 183 Å². The van der Waals surface area contributed by atoms with Crippen molar-refractivity contribution in [2.45, 2.75) is 13.3 Å². The molecule has 1 N–H and O–H groups in total. The summed E-state index contributed by atoms with van der Waals surface area (Å²) in [7, 11) is 3.50. The topological polar surface area (TPSA) is 96.1 Å². The first-order chi connectivity index (χ1) is 15.1. The second-order valence-corrected chi connectivity index (χ2v) is 7.84. The average molecular weight is 441 g/mol. The van der Waals surface area contributed by atoms with Gasteiger partial charge < -0.3 is 19.4 Å². The number of hydrogen-bond donors (Lipinski definition) is 1. The second-order valence-electron chi connectivity index (χ2n) is 6.93. The van der Waals surface area contributed by atoms with E-state index in [9.17, 15) is 4.79 Å². The highest BCUT2D eigenvalue weighted by atomic mass is 32.1. The number of thiophene rings is 1. The lowest BCUT2D eigenvalue weighted by Crippen LogP contribution is -2.21. The van der Waals surface area contributed by atoms with E-state index in [0.29, 0.717) is 42.8 Å². The van der Waals surface area contributed by atoms with Gasteiger partial charge in [0.15, 0.2) is 0 Å². The molecule has 0 atom stereocenters. The third-order valence-corrected chi connectivity index (χ3v) is 5.60. The monoisotopic (exact) mass is 440 g/mol. The van der Waals surface area contributed by atoms with Crippen LogP contribution in [0.4, 0.5) is 0 Å². The lowest BCUT2D eigenvalue weighted by atomic mass is 10.2. The molecule has 0 aliphatic rings. The first-order valence-electron chi connectivity index (χ1n) is 9.93. The molecule has 0 bridgehead atoms. The number of hydrogen-bond acceptors (Lipinski definition) is 7. The number of rotatable bonds is 9. The molecule has 0 saturated heterocycles. The maximum Gasteiger partial charge on any atom is 0.261 e. The molecule has 0 aromatic carbocycles. The zero-order valence-electron chi connectivity index (χ0n) is 17.7. The van der Waals surface area contributed by atoms with Gasteiger partial charge in [-0.25, -0.2) is 4.98 Å². The minimum Gasteiger partial charge on any atom is -0.474 e. The Morgan fingerprint density at radius 3 is 2.90 bits per heavy atom. The maximum absolute atomic E-state index is 12.1. The average Bonchev–Trinajstić information content (AvgIpc) is 3.48. The molecule has 0 aliphatic carbocycles. The highest BCUT2D eigenvalue weighted by Gasteiger charge is 2.17. The summed E-state index contributed by atoms with van der Waals surface area (Å²) >= 11 is 1.42. The molecule has 0 saturated carbocycles. The van der Waals surface area contributed by atoms with E-state index in [2.05, 4.69) is 10.4 Å². The first-order valence-corrected chi connectivity index (χ1v) is 10.8. The van der Waals surface area contributed by atoms with E-state index >= 15 is 0 Å². The van der Waals surface area contributed by atoms with Gasteiger partial charge in [0.2, 0.25) is 5.88 Å². The van der Waals surface area contributed by atoms with Gasteiger partial charge in [-0.2, -0.15) is 10.1 Å². The van der Waals surface area contributed by atoms with Crippen LogP contribution in [0.25, 0.3) is 16.7 Å². The number of aromatic nitrogens is 5. The molecule has 10 heteroatoms. The van der Waals surface area contributed by atoms with Crippen molar-refractivity contribution < 1.29 is 14.3 Å². The molecule has 0 unspecified atom stereocenters. The maximum atomic E-state index is 12.1. The van der Waals surface area contributed by atoms with Gasteiger partial charge >= 0.3 is 0 Å². The van der Waals surface area contributed by atoms with E-state index in [4.69, 9.17) is 19.4 Å². The lowest BCUT2D eigenvalue weighted by molar-refractivity contribution is 0.0960. The van der Waals surface area contributed by atoms with Crippen LogP contribution in [0.2, 0.25) is 0 Å². The Balaban J connectivity index is 1.68. The summed E-state index contributed by atoms with van der Waals surface area (Å²) in [4.78, 5) is 22.2. The Bertz CT molecular complexity index is 1200. The van der Waals surface area contributed by atoms with Crippen LogP contribution in [0.1, 0.15) is 28.0 Å². The van der Waals surface area contributed by atoms with Crippen LogP contribution in [0.5, 0.6) is 5.88 Å². The molecular formula is C21H24N6O3S. The fourth-order valence-electron chi connectivity index (χ4n) is 3.23. The molecule has 9 nitrogen and oxygen atoms in total. The number of ether oxygens (including phenoxy) is 2. The molecule has 0 radical (unpaired) electrons. The molecule has 4 rings (SSSR count). The molecule has 162 valence electrons. The highest BCUT2D eigenvalue weighted by molar-refractivity contribution is 7.12. The van der Waals surface area contributed by atoms with E-state index in [1.165, 1.54) is 11.3 Å². The molecule has 4 aromatic rings. The molecular weight excluding hydrogens is 416 g/mol. The number of aryl methyl sites for hydroxylation is 1. The van der Waals surface area contributed by atoms with Crippen LogP contribution >= 0.6 is 11.3 Å². The predicted octanol–water partition coefficient (Wildman–Crippen LogP) is 2.58. The van der Waals surface area contributed by atoms with Gasteiger partial charge in [-0.15, -0.1) is 11.3 Å². The van der Waals surface area contributed by atoms with Gasteiger partial charge in [-0.1, -0.05) is 0 Å². The zero-order valence-corrected chi connectivity index (χ0v) is 18.5. The van der Waals surface area contributed by atoms with Gasteiger partial charge in [-0.05, 0) is 30.0 Å². The highest BCUT2D eigenvalue weighted by Crippen LogP contribution is 2.28. The summed E-state index contributed by atoms with van der Waals surface area (Å²) in [5, 5.41) is 9.03. The van der Waals surface area contributed by atoms with E-state index in [0.717, 1.165) is 22.3 Å². The number of amides is 1. The van der Waals surface area contributed by atoms with Gasteiger partial charge in [-0.3, -0.25) is 9.48 Å². The fraction of sp³-hybridized carbons (Fsp3) is 0.333. The molecule has 4 aromatic heterocycles. The van der Waals surface area contributed by atoms with Crippen molar-refractivity contribution in [1.82, 2.24) is 29.6 Å². The minimum absolute atomic E-state index is 0.0627. The molecule has 1 amide bonds. The summed E-state index contributed by atoms with van der Waals surface area (Å²) in [6, 6.07) is 3.82. The molecule has 31 heavy (non-hydrogen) atoms. The summed E-state index contributed by atoms with van der Waals surface area (Å²) in [6.07, 6.45) is 6.13. The lowest BCUT2D eigenvalue weighted by Gasteiger charge is -2.10. The molecule has 0 spiro atoms. The molecule has 0 aliphatic heterocycles. The van der Waals surface area contributed by atoms with Crippen molar-refractivity contribution in [2.24, 2.45) is 7.05 Å². The van der Waals surface area contributed by atoms with Crippen LogP contribution in [0.15, 0.2) is 36.1 Å². The molecule has 4 heterocycles. The number of carbonyl (C=O) groups excluding carboxylic acids is 1.